The molecule has 2 N–H and O–H groups in total. The number of benzene rings is 1. The summed E-state index contributed by atoms with van der Waals surface area (Å²) in [5.74, 6) is 0.625. The zero-order chi connectivity index (χ0) is 16.7. The fourth-order valence-corrected chi connectivity index (χ4v) is 3.01. The highest BCUT2D eigenvalue weighted by molar-refractivity contribution is 6.31. The second kappa shape index (κ2) is 8.99. The maximum absolute atomic E-state index is 12.6. The number of ether oxygens (including phenoxy) is 1. The fourth-order valence-electron chi connectivity index (χ4n) is 2.84. The van der Waals surface area contributed by atoms with Crippen LogP contribution in [0.4, 0.5) is 10.5 Å². The molecule has 6 heteroatoms. The molecule has 0 unspecified atom stereocenters. The molecule has 1 saturated heterocycles. The number of aliphatic hydroxyl groups excluding tert-OH is 1. The number of aliphatic hydroxyl groups is 1. The van der Waals surface area contributed by atoms with Crippen molar-refractivity contribution in [2.45, 2.75) is 45.1 Å². The number of carbonyl (C=O) groups is 1. The molecule has 1 heterocycles. The summed E-state index contributed by atoms with van der Waals surface area (Å²) >= 11 is 6.04. The van der Waals surface area contributed by atoms with Crippen LogP contribution in [0.25, 0.3) is 0 Å². The lowest BCUT2D eigenvalue weighted by Gasteiger charge is -2.35. The zero-order valence-corrected chi connectivity index (χ0v) is 14.3. The monoisotopic (exact) mass is 340 g/mol. The number of hydrogen-bond acceptors (Lipinski definition) is 3. The largest absolute Gasteiger partial charge is 0.491 e. The van der Waals surface area contributed by atoms with Crippen LogP contribution in [0.15, 0.2) is 18.2 Å². The van der Waals surface area contributed by atoms with Crippen molar-refractivity contribution in [3.8, 4) is 5.75 Å². The lowest BCUT2D eigenvalue weighted by molar-refractivity contribution is 0.141. The first-order valence-corrected chi connectivity index (χ1v) is 8.64. The number of likely N-dealkylation sites (tertiary alicyclic amines) is 1. The molecule has 0 spiro atoms. The first-order valence-electron chi connectivity index (χ1n) is 8.26. The summed E-state index contributed by atoms with van der Waals surface area (Å²) in [4.78, 5) is 14.4. The van der Waals surface area contributed by atoms with Crippen LogP contribution >= 0.6 is 11.6 Å². The molecule has 128 valence electrons. The average molecular weight is 341 g/mol. The Hall–Kier alpha value is -1.46. The molecule has 23 heavy (non-hydrogen) atoms. The quantitative estimate of drug-likeness (QED) is 0.825. The molecule has 0 aromatic heterocycles. The number of halogens is 1. The number of urea groups is 1. The number of carbonyl (C=O) groups excluding carboxylic acids is 1. The molecule has 0 aliphatic carbocycles. The summed E-state index contributed by atoms with van der Waals surface area (Å²) in [5, 5.41) is 12.7. The van der Waals surface area contributed by atoms with Crippen molar-refractivity contribution in [1.82, 2.24) is 4.90 Å². The first-order chi connectivity index (χ1) is 11.2. The van der Waals surface area contributed by atoms with E-state index in [0.717, 1.165) is 25.7 Å². The number of amides is 2. The van der Waals surface area contributed by atoms with Crippen LogP contribution in [0, 0.1) is 0 Å². The topological polar surface area (TPSA) is 61.8 Å². The Kier molecular flexibility index (Phi) is 6.99. The van der Waals surface area contributed by atoms with Crippen molar-refractivity contribution >= 4 is 23.3 Å². The molecule has 0 radical (unpaired) electrons. The summed E-state index contributed by atoms with van der Waals surface area (Å²) in [5.41, 5.74) is 0.587. The molecule has 1 aromatic carbocycles. The van der Waals surface area contributed by atoms with Gasteiger partial charge in [-0.05, 0) is 50.3 Å². The van der Waals surface area contributed by atoms with Crippen LogP contribution < -0.4 is 10.1 Å². The zero-order valence-electron chi connectivity index (χ0n) is 13.6. The van der Waals surface area contributed by atoms with Crippen LogP contribution in [0.5, 0.6) is 5.75 Å². The molecule has 1 atom stereocenters. The second-order valence-corrected chi connectivity index (χ2v) is 6.21. The second-order valence-electron chi connectivity index (χ2n) is 5.77. The standard InChI is InChI=1S/C17H25ClN2O3/c1-2-11-23-16-7-6-13(18)12-15(16)19-17(22)20-9-4-3-5-14(20)8-10-21/h6-7,12,14,21H,2-5,8-11H2,1H3,(H,19,22)/t14-/m1/s1. The first kappa shape index (κ1) is 17.9. The van der Waals surface area contributed by atoms with Gasteiger partial charge < -0.3 is 20.1 Å². The predicted octanol–water partition coefficient (Wildman–Crippen LogP) is 3.90. The normalized spacial score (nSPS) is 17.9. The number of nitrogens with zero attached hydrogens (tertiary/aromatic N) is 1. The summed E-state index contributed by atoms with van der Waals surface area (Å²) in [7, 11) is 0. The summed E-state index contributed by atoms with van der Waals surface area (Å²) < 4.78 is 5.67. The van der Waals surface area contributed by atoms with Gasteiger partial charge in [-0.1, -0.05) is 18.5 Å². The van der Waals surface area contributed by atoms with Crippen molar-refractivity contribution in [2.75, 3.05) is 25.1 Å². The molecule has 0 saturated carbocycles. The van der Waals surface area contributed by atoms with E-state index in [-0.39, 0.29) is 18.7 Å². The van der Waals surface area contributed by atoms with E-state index in [4.69, 9.17) is 16.3 Å². The van der Waals surface area contributed by atoms with Crippen LogP contribution in [-0.4, -0.2) is 41.8 Å². The van der Waals surface area contributed by atoms with E-state index in [1.807, 2.05) is 11.8 Å². The molecule has 1 aromatic rings. The van der Waals surface area contributed by atoms with Crippen molar-refractivity contribution in [3.63, 3.8) is 0 Å². The number of rotatable bonds is 6. The third-order valence-corrected chi connectivity index (χ3v) is 4.23. The lowest BCUT2D eigenvalue weighted by Crippen LogP contribution is -2.46. The Morgan fingerprint density at radius 1 is 1.48 bits per heavy atom. The van der Waals surface area contributed by atoms with Gasteiger partial charge in [-0.25, -0.2) is 4.79 Å². The van der Waals surface area contributed by atoms with Gasteiger partial charge in [-0.2, -0.15) is 0 Å². The molecular weight excluding hydrogens is 316 g/mol. The molecule has 1 aliphatic rings. The van der Waals surface area contributed by atoms with Gasteiger partial charge in [0.1, 0.15) is 5.75 Å². The van der Waals surface area contributed by atoms with Gasteiger partial charge in [0.15, 0.2) is 0 Å². The molecule has 2 amide bonds. The number of nitrogens with one attached hydrogen (secondary N) is 1. The van der Waals surface area contributed by atoms with Gasteiger partial charge >= 0.3 is 6.03 Å². The number of hydrogen-bond donors (Lipinski definition) is 2. The molecule has 1 aliphatic heterocycles. The number of anilines is 1. The van der Waals surface area contributed by atoms with Crippen molar-refractivity contribution in [3.05, 3.63) is 23.2 Å². The van der Waals surface area contributed by atoms with Gasteiger partial charge in [0.25, 0.3) is 0 Å². The summed E-state index contributed by atoms with van der Waals surface area (Å²) in [6.45, 7) is 3.42. The molecular formula is C17H25ClN2O3. The van der Waals surface area contributed by atoms with Gasteiger partial charge in [0.05, 0.1) is 12.3 Å². The van der Waals surface area contributed by atoms with E-state index in [1.54, 1.807) is 18.2 Å². The van der Waals surface area contributed by atoms with Crippen LogP contribution in [0.3, 0.4) is 0 Å². The minimum Gasteiger partial charge on any atom is -0.491 e. The predicted molar refractivity (Wildman–Crippen MR) is 92.3 cm³/mol. The Morgan fingerprint density at radius 3 is 3.04 bits per heavy atom. The fraction of sp³-hybridized carbons (Fsp3) is 0.588. The van der Waals surface area contributed by atoms with Gasteiger partial charge in [-0.3, -0.25) is 0 Å². The summed E-state index contributed by atoms with van der Waals surface area (Å²) in [6.07, 6.45) is 4.52. The highest BCUT2D eigenvalue weighted by Gasteiger charge is 2.26. The maximum atomic E-state index is 12.6. The Labute approximate surface area is 142 Å². The SMILES string of the molecule is CCCOc1ccc(Cl)cc1NC(=O)N1CCCC[C@@H]1CCO. The molecule has 2 rings (SSSR count). The highest BCUT2D eigenvalue weighted by Crippen LogP contribution is 2.29. The van der Waals surface area contributed by atoms with Crippen LogP contribution in [-0.2, 0) is 0 Å². The third kappa shape index (κ3) is 5.01. The van der Waals surface area contributed by atoms with Gasteiger partial charge in [-0.15, -0.1) is 0 Å². The van der Waals surface area contributed by atoms with E-state index in [1.165, 1.54) is 0 Å². The molecule has 1 fully saturated rings. The van der Waals surface area contributed by atoms with Gasteiger partial charge in [0.2, 0.25) is 0 Å². The third-order valence-electron chi connectivity index (χ3n) is 4.00. The van der Waals surface area contributed by atoms with E-state index < -0.39 is 0 Å². The minimum atomic E-state index is -0.160. The molecule has 0 bridgehead atoms. The van der Waals surface area contributed by atoms with Crippen molar-refractivity contribution in [2.24, 2.45) is 0 Å². The van der Waals surface area contributed by atoms with Crippen molar-refractivity contribution in [1.29, 1.82) is 0 Å². The Balaban J connectivity index is 2.10. The maximum Gasteiger partial charge on any atom is 0.322 e. The summed E-state index contributed by atoms with van der Waals surface area (Å²) in [6, 6.07) is 5.15. The van der Waals surface area contributed by atoms with Crippen LogP contribution in [0.2, 0.25) is 5.02 Å². The Bertz CT molecular complexity index is 523. The Morgan fingerprint density at radius 2 is 2.30 bits per heavy atom. The van der Waals surface area contributed by atoms with E-state index in [0.29, 0.717) is 36.0 Å². The number of piperidine rings is 1. The van der Waals surface area contributed by atoms with Gasteiger partial charge in [0, 0.05) is 24.2 Å². The van der Waals surface area contributed by atoms with Crippen LogP contribution in [0.1, 0.15) is 39.0 Å². The smallest absolute Gasteiger partial charge is 0.322 e. The van der Waals surface area contributed by atoms with E-state index in [9.17, 15) is 9.90 Å². The molecule has 5 nitrogen and oxygen atoms in total. The van der Waals surface area contributed by atoms with E-state index >= 15 is 0 Å². The average Bonchev–Trinajstić information content (AvgIpc) is 2.55. The lowest BCUT2D eigenvalue weighted by atomic mass is 10.0. The highest BCUT2D eigenvalue weighted by atomic mass is 35.5. The van der Waals surface area contributed by atoms with Crippen molar-refractivity contribution < 1.29 is 14.6 Å². The van der Waals surface area contributed by atoms with E-state index in [2.05, 4.69) is 5.32 Å². The minimum absolute atomic E-state index is 0.0907.